The third-order valence-corrected chi connectivity index (χ3v) is 3.08. The Hall–Kier alpha value is -3.46. The molecule has 0 fully saturated rings. The van der Waals surface area contributed by atoms with E-state index in [-0.39, 0.29) is 5.69 Å². The first kappa shape index (κ1) is 13.5. The summed E-state index contributed by atoms with van der Waals surface area (Å²) in [7, 11) is 0. The van der Waals surface area contributed by atoms with Gasteiger partial charge in [-0.25, -0.2) is 9.48 Å². The molecule has 1 N–H and O–H groups in total. The third-order valence-electron chi connectivity index (χ3n) is 3.08. The van der Waals surface area contributed by atoms with Crippen molar-refractivity contribution in [1.29, 1.82) is 5.26 Å². The third kappa shape index (κ3) is 2.43. The van der Waals surface area contributed by atoms with Gasteiger partial charge in [0, 0.05) is 12.3 Å². The molecule has 2 heterocycles. The number of rotatable bonds is 3. The van der Waals surface area contributed by atoms with Crippen LogP contribution in [0.2, 0.25) is 0 Å². The van der Waals surface area contributed by atoms with E-state index in [0.29, 0.717) is 22.6 Å². The van der Waals surface area contributed by atoms with Crippen molar-refractivity contribution in [2.75, 3.05) is 0 Å². The summed E-state index contributed by atoms with van der Waals surface area (Å²) in [4.78, 5) is 15.6. The highest BCUT2D eigenvalue weighted by molar-refractivity contribution is 5.88. The van der Waals surface area contributed by atoms with Gasteiger partial charge in [-0.2, -0.15) is 10.4 Å². The Morgan fingerprint density at radius 1 is 1.14 bits per heavy atom. The van der Waals surface area contributed by atoms with Crippen molar-refractivity contribution in [1.82, 2.24) is 14.8 Å². The van der Waals surface area contributed by atoms with Crippen LogP contribution in [0.5, 0.6) is 0 Å². The molecule has 6 nitrogen and oxygen atoms in total. The van der Waals surface area contributed by atoms with Crippen molar-refractivity contribution < 1.29 is 9.90 Å². The van der Waals surface area contributed by atoms with Gasteiger partial charge < -0.3 is 5.11 Å². The van der Waals surface area contributed by atoms with Crippen LogP contribution in [-0.2, 0) is 0 Å². The van der Waals surface area contributed by atoms with Crippen LogP contribution in [0.25, 0.3) is 17.1 Å². The second-order valence-corrected chi connectivity index (χ2v) is 4.51. The predicted octanol–water partition coefficient (Wildman–Crippen LogP) is 2.50. The molecule has 3 rings (SSSR count). The molecule has 0 saturated heterocycles. The fourth-order valence-corrected chi connectivity index (χ4v) is 2.08. The van der Waals surface area contributed by atoms with E-state index in [1.54, 1.807) is 48.7 Å². The summed E-state index contributed by atoms with van der Waals surface area (Å²) in [5, 5.41) is 22.6. The number of aromatic nitrogens is 3. The van der Waals surface area contributed by atoms with Crippen LogP contribution in [0.4, 0.5) is 0 Å². The summed E-state index contributed by atoms with van der Waals surface area (Å²) >= 11 is 0. The number of hydrogen-bond acceptors (Lipinski definition) is 4. The fraction of sp³-hybridized carbons (Fsp3) is 0. The average Bonchev–Trinajstić information content (AvgIpc) is 3.01. The highest BCUT2D eigenvalue weighted by Gasteiger charge is 2.17. The molecule has 0 saturated carbocycles. The molecule has 0 bridgehead atoms. The lowest BCUT2D eigenvalue weighted by atomic mass is 10.2. The van der Waals surface area contributed by atoms with Gasteiger partial charge in [0.2, 0.25) is 0 Å². The lowest BCUT2D eigenvalue weighted by molar-refractivity contribution is 0.0687. The highest BCUT2D eigenvalue weighted by atomic mass is 16.4. The van der Waals surface area contributed by atoms with E-state index < -0.39 is 5.97 Å². The highest BCUT2D eigenvalue weighted by Crippen LogP contribution is 2.20. The lowest BCUT2D eigenvalue weighted by Gasteiger charge is -2.04. The molecule has 0 radical (unpaired) electrons. The number of carbonyl (C=O) groups is 1. The molecule has 0 amide bonds. The van der Waals surface area contributed by atoms with Crippen molar-refractivity contribution in [3.05, 3.63) is 66.0 Å². The summed E-state index contributed by atoms with van der Waals surface area (Å²) in [6.45, 7) is 0. The molecule has 0 aliphatic rings. The molecule has 22 heavy (non-hydrogen) atoms. The molecule has 2 aromatic heterocycles. The standard InChI is InChI=1S/C16H10N4O2/c17-10-11-4-3-5-12(8-11)20-15(16(21)22)9-14(19-20)13-6-1-2-7-18-13/h1-9H,(H,21,22). The van der Waals surface area contributed by atoms with Crippen LogP contribution in [0.3, 0.4) is 0 Å². The quantitative estimate of drug-likeness (QED) is 0.800. The maximum atomic E-state index is 11.4. The number of nitrogens with zero attached hydrogens (tertiary/aromatic N) is 4. The summed E-state index contributed by atoms with van der Waals surface area (Å²) in [6.07, 6.45) is 1.62. The van der Waals surface area contributed by atoms with Crippen LogP contribution in [0.15, 0.2) is 54.7 Å². The van der Waals surface area contributed by atoms with E-state index in [4.69, 9.17) is 5.26 Å². The normalized spacial score (nSPS) is 10.1. The van der Waals surface area contributed by atoms with Crippen LogP contribution in [0, 0.1) is 11.3 Å². The summed E-state index contributed by atoms with van der Waals surface area (Å²) < 4.78 is 1.30. The van der Waals surface area contributed by atoms with Crippen molar-refractivity contribution >= 4 is 5.97 Å². The summed E-state index contributed by atoms with van der Waals surface area (Å²) in [6, 6.07) is 15.4. The Labute approximate surface area is 125 Å². The number of aromatic carboxylic acids is 1. The minimum absolute atomic E-state index is 0.00995. The Morgan fingerprint density at radius 2 is 2.00 bits per heavy atom. The molecule has 6 heteroatoms. The largest absolute Gasteiger partial charge is 0.477 e. The van der Waals surface area contributed by atoms with Gasteiger partial charge in [-0.3, -0.25) is 4.98 Å². The van der Waals surface area contributed by atoms with Gasteiger partial charge >= 0.3 is 5.97 Å². The zero-order valence-electron chi connectivity index (χ0n) is 11.3. The molecule has 0 atom stereocenters. The molecule has 3 aromatic rings. The van der Waals surface area contributed by atoms with Crippen molar-refractivity contribution in [3.63, 3.8) is 0 Å². The van der Waals surface area contributed by atoms with Gasteiger partial charge in [0.25, 0.3) is 0 Å². The van der Waals surface area contributed by atoms with Crippen molar-refractivity contribution in [3.8, 4) is 23.1 Å². The van der Waals surface area contributed by atoms with Gasteiger partial charge in [-0.05, 0) is 30.3 Å². The molecule has 0 aliphatic heterocycles. The Kier molecular flexibility index (Phi) is 3.38. The van der Waals surface area contributed by atoms with Gasteiger partial charge in [0.05, 0.1) is 23.0 Å². The van der Waals surface area contributed by atoms with E-state index in [1.165, 1.54) is 10.7 Å². The molecular formula is C16H10N4O2. The topological polar surface area (TPSA) is 91.8 Å². The maximum absolute atomic E-state index is 11.4. The molecular weight excluding hydrogens is 280 g/mol. The average molecular weight is 290 g/mol. The summed E-state index contributed by atoms with van der Waals surface area (Å²) in [5.74, 6) is -1.10. The first-order valence-corrected chi connectivity index (χ1v) is 6.44. The zero-order chi connectivity index (χ0) is 15.5. The Morgan fingerprint density at radius 3 is 2.68 bits per heavy atom. The first-order valence-electron chi connectivity index (χ1n) is 6.44. The van der Waals surface area contributed by atoms with Crippen LogP contribution < -0.4 is 0 Å². The maximum Gasteiger partial charge on any atom is 0.354 e. The number of pyridine rings is 1. The number of carboxylic acid groups (broad SMARTS) is 1. The summed E-state index contributed by atoms with van der Waals surface area (Å²) in [5.41, 5.74) is 2.00. The van der Waals surface area contributed by atoms with Gasteiger partial charge in [0.1, 0.15) is 5.69 Å². The van der Waals surface area contributed by atoms with E-state index in [1.807, 2.05) is 6.07 Å². The Bertz CT molecular complexity index is 879. The number of carboxylic acids is 1. The zero-order valence-corrected chi connectivity index (χ0v) is 11.3. The molecule has 0 spiro atoms. The molecule has 1 aromatic carbocycles. The van der Waals surface area contributed by atoms with Crippen molar-refractivity contribution in [2.24, 2.45) is 0 Å². The molecule has 0 aliphatic carbocycles. The van der Waals surface area contributed by atoms with E-state index in [9.17, 15) is 9.90 Å². The molecule has 0 unspecified atom stereocenters. The monoisotopic (exact) mass is 290 g/mol. The van der Waals surface area contributed by atoms with E-state index in [0.717, 1.165) is 0 Å². The minimum atomic E-state index is -1.10. The first-order chi connectivity index (χ1) is 10.7. The van der Waals surface area contributed by atoms with Gasteiger partial charge in [-0.15, -0.1) is 0 Å². The Balaban J connectivity index is 2.16. The predicted molar refractivity (Wildman–Crippen MR) is 78.5 cm³/mol. The smallest absolute Gasteiger partial charge is 0.354 e. The second-order valence-electron chi connectivity index (χ2n) is 4.51. The minimum Gasteiger partial charge on any atom is -0.477 e. The van der Waals surface area contributed by atoms with Crippen molar-refractivity contribution in [2.45, 2.75) is 0 Å². The molecule has 106 valence electrons. The van der Waals surface area contributed by atoms with Crippen LogP contribution >= 0.6 is 0 Å². The SMILES string of the molecule is N#Cc1cccc(-n2nc(-c3ccccn3)cc2C(=O)O)c1. The number of nitriles is 1. The van der Waals surface area contributed by atoms with Gasteiger partial charge in [-0.1, -0.05) is 12.1 Å². The van der Waals surface area contributed by atoms with E-state index in [2.05, 4.69) is 10.1 Å². The van der Waals surface area contributed by atoms with E-state index >= 15 is 0 Å². The number of benzene rings is 1. The van der Waals surface area contributed by atoms with Crippen LogP contribution in [-0.4, -0.2) is 25.8 Å². The second kappa shape index (κ2) is 5.50. The fourth-order valence-electron chi connectivity index (χ4n) is 2.08. The lowest BCUT2D eigenvalue weighted by Crippen LogP contribution is -2.07. The van der Waals surface area contributed by atoms with Crippen LogP contribution in [0.1, 0.15) is 16.1 Å². The number of hydrogen-bond donors (Lipinski definition) is 1. The van der Waals surface area contributed by atoms with Gasteiger partial charge in [0.15, 0.2) is 5.69 Å².